The fraction of sp³-hybridized carbons (Fsp3) is 0.600. The number of alkyl halides is 3. The van der Waals surface area contributed by atoms with Crippen LogP contribution in [0, 0.1) is 0 Å². The minimum Gasteiger partial charge on any atom is -0.325 e. The van der Waals surface area contributed by atoms with E-state index in [9.17, 15) is 13.2 Å². The molecule has 2 N–H and O–H groups in total. The standard InChI is InChI=1S/C10H12F3NS.ClH/c1-9(14)3-2-6-7(10(11,12)13)5-15-8(6)4-9;/h5H,2-4,14H2,1H3;1H. The topological polar surface area (TPSA) is 26.0 Å². The van der Waals surface area contributed by atoms with Crippen molar-refractivity contribution >= 4 is 23.7 Å². The summed E-state index contributed by atoms with van der Waals surface area (Å²) in [6.45, 7) is 1.89. The molecule has 0 aromatic carbocycles. The smallest absolute Gasteiger partial charge is 0.325 e. The number of thiophene rings is 1. The molecule has 0 saturated carbocycles. The van der Waals surface area contributed by atoms with Gasteiger partial charge in [-0.2, -0.15) is 13.2 Å². The van der Waals surface area contributed by atoms with Gasteiger partial charge in [-0.05, 0) is 31.7 Å². The summed E-state index contributed by atoms with van der Waals surface area (Å²) in [5, 5.41) is 1.21. The molecule has 1 atom stereocenters. The van der Waals surface area contributed by atoms with Gasteiger partial charge in [-0.25, -0.2) is 0 Å². The fourth-order valence-corrected chi connectivity index (χ4v) is 3.25. The molecule has 1 nitrogen and oxygen atoms in total. The first kappa shape index (κ1) is 13.8. The monoisotopic (exact) mass is 271 g/mol. The third-order valence-electron chi connectivity index (χ3n) is 2.80. The molecule has 1 unspecified atom stereocenters. The van der Waals surface area contributed by atoms with Gasteiger partial charge in [-0.15, -0.1) is 23.7 Å². The van der Waals surface area contributed by atoms with Crippen LogP contribution in [-0.2, 0) is 19.0 Å². The maximum Gasteiger partial charge on any atom is 0.417 e. The summed E-state index contributed by atoms with van der Waals surface area (Å²) in [5.41, 5.74) is 5.60. The average molecular weight is 272 g/mol. The molecule has 2 rings (SSSR count). The minimum atomic E-state index is -4.22. The highest BCUT2D eigenvalue weighted by molar-refractivity contribution is 7.10. The highest BCUT2D eigenvalue weighted by Gasteiger charge is 2.38. The summed E-state index contributed by atoms with van der Waals surface area (Å²) in [6, 6.07) is 0. The largest absolute Gasteiger partial charge is 0.417 e. The predicted octanol–water partition coefficient (Wildman–Crippen LogP) is 3.39. The van der Waals surface area contributed by atoms with Crippen molar-refractivity contribution in [1.29, 1.82) is 0 Å². The number of hydrogen-bond acceptors (Lipinski definition) is 2. The van der Waals surface area contributed by atoms with E-state index in [2.05, 4.69) is 0 Å². The van der Waals surface area contributed by atoms with Gasteiger partial charge in [0.05, 0.1) is 5.56 Å². The second-order valence-corrected chi connectivity index (χ2v) is 5.34. The van der Waals surface area contributed by atoms with Crippen molar-refractivity contribution in [2.45, 2.75) is 37.9 Å². The lowest BCUT2D eigenvalue weighted by Crippen LogP contribution is -2.41. The molecule has 1 aromatic rings. The van der Waals surface area contributed by atoms with Crippen LogP contribution in [0.4, 0.5) is 13.2 Å². The molecule has 0 amide bonds. The molecule has 0 saturated heterocycles. The first-order valence-corrected chi connectivity index (χ1v) is 5.63. The van der Waals surface area contributed by atoms with Gasteiger partial charge in [0.1, 0.15) is 0 Å². The van der Waals surface area contributed by atoms with Gasteiger partial charge in [0.2, 0.25) is 0 Å². The Balaban J connectivity index is 0.00000128. The molecule has 0 aliphatic heterocycles. The highest BCUT2D eigenvalue weighted by Crippen LogP contribution is 2.41. The third-order valence-corrected chi connectivity index (χ3v) is 3.83. The Hall–Kier alpha value is -0.260. The molecule has 1 aromatic heterocycles. The zero-order valence-electron chi connectivity index (χ0n) is 8.73. The van der Waals surface area contributed by atoms with Crippen molar-refractivity contribution in [2.75, 3.05) is 0 Å². The summed E-state index contributed by atoms with van der Waals surface area (Å²) in [5.74, 6) is 0. The van der Waals surface area contributed by atoms with E-state index in [0.717, 1.165) is 4.88 Å². The third kappa shape index (κ3) is 2.52. The lowest BCUT2D eigenvalue weighted by atomic mass is 9.83. The lowest BCUT2D eigenvalue weighted by Gasteiger charge is -2.29. The number of halogens is 4. The van der Waals surface area contributed by atoms with Crippen molar-refractivity contribution in [3.63, 3.8) is 0 Å². The van der Waals surface area contributed by atoms with Gasteiger partial charge in [0.25, 0.3) is 0 Å². The maximum absolute atomic E-state index is 12.6. The Labute approximate surface area is 102 Å². The van der Waals surface area contributed by atoms with Crippen LogP contribution in [0.5, 0.6) is 0 Å². The summed E-state index contributed by atoms with van der Waals surface area (Å²) in [4.78, 5) is 0.804. The van der Waals surface area contributed by atoms with Crippen molar-refractivity contribution < 1.29 is 13.2 Å². The molecule has 1 heterocycles. The molecule has 16 heavy (non-hydrogen) atoms. The van der Waals surface area contributed by atoms with Crippen LogP contribution in [-0.4, -0.2) is 5.54 Å². The van der Waals surface area contributed by atoms with E-state index in [0.29, 0.717) is 24.8 Å². The van der Waals surface area contributed by atoms with Crippen LogP contribution >= 0.6 is 23.7 Å². The van der Waals surface area contributed by atoms with E-state index in [1.165, 1.54) is 16.7 Å². The number of rotatable bonds is 0. The SMILES string of the molecule is CC1(N)CCc2c(C(F)(F)F)csc2C1.Cl. The Kier molecular flexibility index (Phi) is 3.62. The first-order chi connectivity index (χ1) is 6.80. The molecule has 0 radical (unpaired) electrons. The minimum absolute atomic E-state index is 0. The van der Waals surface area contributed by atoms with Crippen molar-refractivity contribution in [3.05, 3.63) is 21.4 Å². The van der Waals surface area contributed by atoms with E-state index in [-0.39, 0.29) is 17.9 Å². The van der Waals surface area contributed by atoms with Crippen LogP contribution in [0.15, 0.2) is 5.38 Å². The Morgan fingerprint density at radius 2 is 2.06 bits per heavy atom. The molecular formula is C10H13ClF3NS. The van der Waals surface area contributed by atoms with Gasteiger partial charge in [0.15, 0.2) is 0 Å². The fourth-order valence-electron chi connectivity index (χ4n) is 1.95. The quantitative estimate of drug-likeness (QED) is 0.769. The van der Waals surface area contributed by atoms with Crippen molar-refractivity contribution in [2.24, 2.45) is 5.73 Å². The zero-order chi connectivity index (χ0) is 11.3. The second kappa shape index (κ2) is 4.20. The second-order valence-electron chi connectivity index (χ2n) is 4.38. The summed E-state index contributed by atoms with van der Waals surface area (Å²) >= 11 is 1.18. The van der Waals surface area contributed by atoms with Gasteiger partial charge in [-0.3, -0.25) is 0 Å². The Morgan fingerprint density at radius 1 is 1.44 bits per heavy atom. The molecule has 0 spiro atoms. The van der Waals surface area contributed by atoms with Crippen LogP contribution in [0.25, 0.3) is 0 Å². The van der Waals surface area contributed by atoms with Gasteiger partial charge in [0, 0.05) is 15.8 Å². The highest BCUT2D eigenvalue weighted by atomic mass is 35.5. The summed E-state index contributed by atoms with van der Waals surface area (Å²) in [7, 11) is 0. The van der Waals surface area contributed by atoms with Crippen LogP contribution in [0.3, 0.4) is 0 Å². The summed E-state index contributed by atoms with van der Waals surface area (Å²) in [6.07, 6.45) is -2.59. The Morgan fingerprint density at radius 3 is 2.62 bits per heavy atom. The maximum atomic E-state index is 12.6. The van der Waals surface area contributed by atoms with E-state index in [1.807, 2.05) is 6.92 Å². The van der Waals surface area contributed by atoms with E-state index in [4.69, 9.17) is 5.73 Å². The van der Waals surface area contributed by atoms with Crippen LogP contribution < -0.4 is 5.73 Å². The Bertz CT molecular complexity index is 384. The van der Waals surface area contributed by atoms with Gasteiger partial charge >= 0.3 is 6.18 Å². The lowest BCUT2D eigenvalue weighted by molar-refractivity contribution is -0.138. The summed E-state index contributed by atoms with van der Waals surface area (Å²) < 4.78 is 37.7. The molecule has 1 aliphatic rings. The van der Waals surface area contributed by atoms with Gasteiger partial charge < -0.3 is 5.73 Å². The average Bonchev–Trinajstić information content (AvgIpc) is 2.43. The van der Waals surface area contributed by atoms with Crippen molar-refractivity contribution in [3.8, 4) is 0 Å². The van der Waals surface area contributed by atoms with Crippen LogP contribution in [0.1, 0.15) is 29.3 Å². The molecular weight excluding hydrogens is 259 g/mol. The van der Waals surface area contributed by atoms with E-state index >= 15 is 0 Å². The first-order valence-electron chi connectivity index (χ1n) is 4.75. The van der Waals surface area contributed by atoms with Gasteiger partial charge in [-0.1, -0.05) is 0 Å². The molecule has 0 fully saturated rings. The zero-order valence-corrected chi connectivity index (χ0v) is 10.4. The van der Waals surface area contributed by atoms with E-state index in [1.54, 1.807) is 0 Å². The molecule has 1 aliphatic carbocycles. The molecule has 6 heteroatoms. The van der Waals surface area contributed by atoms with Crippen molar-refractivity contribution in [1.82, 2.24) is 0 Å². The number of fused-ring (bicyclic) bond motifs is 1. The normalized spacial score (nSPS) is 24.8. The molecule has 92 valence electrons. The van der Waals surface area contributed by atoms with E-state index < -0.39 is 11.7 Å². The number of hydrogen-bond donors (Lipinski definition) is 1. The van der Waals surface area contributed by atoms with Crippen LogP contribution in [0.2, 0.25) is 0 Å². The number of nitrogens with two attached hydrogens (primary N) is 1. The molecule has 0 bridgehead atoms. The predicted molar refractivity (Wildman–Crippen MR) is 61.2 cm³/mol.